The van der Waals surface area contributed by atoms with Crippen molar-refractivity contribution in [2.24, 2.45) is 0 Å². The van der Waals surface area contributed by atoms with E-state index < -0.39 is 11.7 Å². The Kier molecular flexibility index (Phi) is 6.83. The molecular weight excluding hydrogens is 423 g/mol. The van der Waals surface area contributed by atoms with Gasteiger partial charge in [0.25, 0.3) is 11.8 Å². The molecule has 2 aromatic carbocycles. The van der Waals surface area contributed by atoms with Gasteiger partial charge >= 0.3 is 0 Å². The van der Waals surface area contributed by atoms with Gasteiger partial charge in [-0.15, -0.1) is 0 Å². The molecular formula is C25H25FN4O3. The molecule has 0 unspecified atom stereocenters. The number of aromatic nitrogens is 1. The minimum absolute atomic E-state index is 0.00123. The van der Waals surface area contributed by atoms with Gasteiger partial charge < -0.3 is 19.9 Å². The Hall–Kier alpha value is -3.94. The van der Waals surface area contributed by atoms with Crippen LogP contribution in [0.1, 0.15) is 27.1 Å². The van der Waals surface area contributed by atoms with Crippen LogP contribution in [0.5, 0.6) is 5.75 Å². The number of carbonyl (C=O) groups excluding carboxylic acids is 2. The van der Waals surface area contributed by atoms with E-state index in [1.165, 1.54) is 18.2 Å². The van der Waals surface area contributed by atoms with Gasteiger partial charge in [0, 0.05) is 31.7 Å². The number of nitrogens with zero attached hydrogens (tertiary/aromatic N) is 3. The maximum atomic E-state index is 13.8. The summed E-state index contributed by atoms with van der Waals surface area (Å²) in [6.07, 6.45) is 2.37. The van der Waals surface area contributed by atoms with Gasteiger partial charge in [0.2, 0.25) is 0 Å². The number of hydrogen-bond donors (Lipinski definition) is 1. The predicted octanol–water partition coefficient (Wildman–Crippen LogP) is 3.83. The third-order valence-electron chi connectivity index (χ3n) is 5.57. The van der Waals surface area contributed by atoms with Gasteiger partial charge in [0.1, 0.15) is 17.4 Å². The second-order valence-electron chi connectivity index (χ2n) is 7.70. The summed E-state index contributed by atoms with van der Waals surface area (Å²) in [6, 6.07) is 16.5. The molecule has 7 nitrogen and oxygen atoms in total. The summed E-state index contributed by atoms with van der Waals surface area (Å²) >= 11 is 0. The Balaban J connectivity index is 1.36. The minimum atomic E-state index is -0.571. The Morgan fingerprint density at radius 3 is 2.45 bits per heavy atom. The normalized spacial score (nSPS) is 13.9. The summed E-state index contributed by atoms with van der Waals surface area (Å²) in [5.41, 5.74) is 1.10. The highest BCUT2D eigenvalue weighted by Crippen LogP contribution is 2.19. The van der Waals surface area contributed by atoms with Crippen molar-refractivity contribution in [2.45, 2.75) is 6.42 Å². The summed E-state index contributed by atoms with van der Waals surface area (Å²) < 4.78 is 19.0. The number of pyridine rings is 1. The van der Waals surface area contributed by atoms with Crippen LogP contribution in [-0.2, 0) is 0 Å². The van der Waals surface area contributed by atoms with E-state index in [1.807, 2.05) is 11.0 Å². The molecule has 0 radical (unpaired) electrons. The lowest BCUT2D eigenvalue weighted by atomic mass is 10.2. The number of methoxy groups -OCH3 is 1. The monoisotopic (exact) mass is 448 g/mol. The fourth-order valence-electron chi connectivity index (χ4n) is 3.76. The molecule has 0 atom stereocenters. The number of ether oxygens (including phenoxy) is 1. The Bertz CT molecular complexity index is 1120. The number of halogens is 1. The molecule has 1 fully saturated rings. The molecule has 4 rings (SSSR count). The van der Waals surface area contributed by atoms with E-state index in [-0.39, 0.29) is 11.5 Å². The van der Waals surface area contributed by atoms with Crippen LogP contribution in [0.3, 0.4) is 0 Å². The van der Waals surface area contributed by atoms with Gasteiger partial charge in [-0.25, -0.2) is 9.37 Å². The number of nitrogens with one attached hydrogen (secondary N) is 1. The largest absolute Gasteiger partial charge is 0.497 e. The van der Waals surface area contributed by atoms with Crippen molar-refractivity contribution in [3.05, 3.63) is 83.8 Å². The van der Waals surface area contributed by atoms with E-state index in [4.69, 9.17) is 4.74 Å². The van der Waals surface area contributed by atoms with Crippen molar-refractivity contribution in [1.82, 2.24) is 9.88 Å². The quantitative estimate of drug-likeness (QED) is 0.642. The lowest BCUT2D eigenvalue weighted by Crippen LogP contribution is -2.35. The van der Waals surface area contributed by atoms with Crippen LogP contribution >= 0.6 is 0 Å². The molecule has 1 aliphatic heterocycles. The van der Waals surface area contributed by atoms with E-state index >= 15 is 0 Å². The summed E-state index contributed by atoms with van der Waals surface area (Å²) in [5, 5.41) is 2.67. The standard InChI is InChI=1S/C25H25FN4O3/c1-33-20-10-7-18(8-11-20)25(32)30-14-4-13-29(15-16-30)23-12-9-19(17-27-23)28-24(31)21-5-2-3-6-22(21)26/h2-3,5-12,17H,4,13-16H2,1H3,(H,28,31). The van der Waals surface area contributed by atoms with Crippen LogP contribution in [0.4, 0.5) is 15.9 Å². The fourth-order valence-corrected chi connectivity index (χ4v) is 3.76. The molecule has 1 saturated heterocycles. The maximum absolute atomic E-state index is 13.8. The lowest BCUT2D eigenvalue weighted by Gasteiger charge is -2.23. The van der Waals surface area contributed by atoms with Crippen molar-refractivity contribution in [2.75, 3.05) is 43.5 Å². The zero-order chi connectivity index (χ0) is 23.2. The number of benzene rings is 2. The van der Waals surface area contributed by atoms with E-state index in [0.29, 0.717) is 36.6 Å². The first-order valence-corrected chi connectivity index (χ1v) is 10.8. The van der Waals surface area contributed by atoms with Crippen molar-refractivity contribution in [3.63, 3.8) is 0 Å². The molecule has 8 heteroatoms. The first kappa shape index (κ1) is 22.3. The lowest BCUT2D eigenvalue weighted by molar-refractivity contribution is 0.0766. The molecule has 0 spiro atoms. The molecule has 2 amide bonds. The Morgan fingerprint density at radius 1 is 0.970 bits per heavy atom. The highest BCUT2D eigenvalue weighted by Gasteiger charge is 2.21. The molecule has 33 heavy (non-hydrogen) atoms. The number of amides is 2. The van der Waals surface area contributed by atoms with E-state index in [2.05, 4.69) is 15.2 Å². The van der Waals surface area contributed by atoms with Crippen LogP contribution in [0.2, 0.25) is 0 Å². The molecule has 1 aromatic heterocycles. The molecule has 0 saturated carbocycles. The first-order chi connectivity index (χ1) is 16.0. The van der Waals surface area contributed by atoms with Crippen LogP contribution < -0.4 is 15.0 Å². The molecule has 3 aromatic rings. The zero-order valence-electron chi connectivity index (χ0n) is 18.3. The molecule has 170 valence electrons. The Morgan fingerprint density at radius 2 is 1.76 bits per heavy atom. The molecule has 1 N–H and O–H groups in total. The fraction of sp³-hybridized carbons (Fsp3) is 0.240. The van der Waals surface area contributed by atoms with Gasteiger partial charge in [-0.2, -0.15) is 0 Å². The van der Waals surface area contributed by atoms with Crippen molar-refractivity contribution in [1.29, 1.82) is 0 Å². The van der Waals surface area contributed by atoms with E-state index in [9.17, 15) is 14.0 Å². The van der Waals surface area contributed by atoms with Gasteiger partial charge in [-0.1, -0.05) is 12.1 Å². The van der Waals surface area contributed by atoms with Gasteiger partial charge in [-0.3, -0.25) is 9.59 Å². The highest BCUT2D eigenvalue weighted by molar-refractivity contribution is 6.04. The average Bonchev–Trinajstić information content (AvgIpc) is 3.11. The van der Waals surface area contributed by atoms with E-state index in [0.717, 1.165) is 18.8 Å². The number of carbonyl (C=O) groups is 2. The van der Waals surface area contributed by atoms with Gasteiger partial charge in [0.15, 0.2) is 0 Å². The smallest absolute Gasteiger partial charge is 0.258 e. The van der Waals surface area contributed by atoms with E-state index in [1.54, 1.807) is 49.7 Å². The van der Waals surface area contributed by atoms with Crippen molar-refractivity contribution in [3.8, 4) is 5.75 Å². The SMILES string of the molecule is COc1ccc(C(=O)N2CCCN(c3ccc(NC(=O)c4ccccc4F)cn3)CC2)cc1. The van der Waals surface area contributed by atoms with Crippen molar-refractivity contribution < 1.29 is 18.7 Å². The second-order valence-corrected chi connectivity index (χ2v) is 7.70. The minimum Gasteiger partial charge on any atom is -0.497 e. The van der Waals surface area contributed by atoms with Gasteiger partial charge in [0.05, 0.1) is 24.6 Å². The molecule has 0 aliphatic carbocycles. The zero-order valence-corrected chi connectivity index (χ0v) is 18.3. The topological polar surface area (TPSA) is 74.8 Å². The second kappa shape index (κ2) is 10.1. The van der Waals surface area contributed by atoms with Crippen LogP contribution in [-0.4, -0.2) is 55.0 Å². The van der Waals surface area contributed by atoms with Crippen LogP contribution in [0.15, 0.2) is 66.9 Å². The molecule has 0 bridgehead atoms. The first-order valence-electron chi connectivity index (χ1n) is 10.8. The van der Waals surface area contributed by atoms with Crippen molar-refractivity contribution >= 4 is 23.3 Å². The predicted molar refractivity (Wildman–Crippen MR) is 124 cm³/mol. The summed E-state index contributed by atoms with van der Waals surface area (Å²) in [6.45, 7) is 2.66. The van der Waals surface area contributed by atoms with Crippen LogP contribution in [0, 0.1) is 5.82 Å². The summed E-state index contributed by atoms with van der Waals surface area (Å²) in [4.78, 5) is 33.6. The number of hydrogen-bond acceptors (Lipinski definition) is 5. The third kappa shape index (κ3) is 5.28. The third-order valence-corrected chi connectivity index (χ3v) is 5.57. The summed E-state index contributed by atoms with van der Waals surface area (Å²) in [7, 11) is 1.60. The molecule has 2 heterocycles. The highest BCUT2D eigenvalue weighted by atomic mass is 19.1. The Labute approximate surface area is 191 Å². The van der Waals surface area contributed by atoms with Crippen LogP contribution in [0.25, 0.3) is 0 Å². The van der Waals surface area contributed by atoms with Gasteiger partial charge in [-0.05, 0) is 55.0 Å². The molecule has 1 aliphatic rings. The summed E-state index contributed by atoms with van der Waals surface area (Å²) in [5.74, 6) is 0.382. The maximum Gasteiger partial charge on any atom is 0.258 e. The number of anilines is 2. The number of rotatable bonds is 5. The average molecular weight is 448 g/mol.